The summed E-state index contributed by atoms with van der Waals surface area (Å²) >= 11 is 0. The molecular formula is C9H25NOSi2. The van der Waals surface area contributed by atoms with Crippen molar-refractivity contribution in [1.82, 2.24) is 4.98 Å². The highest BCUT2D eigenvalue weighted by Crippen LogP contribution is 2.14. The number of hydrogen-bond acceptors (Lipinski definition) is 2. The largest absolute Gasteiger partial charge is 0.445 e. The van der Waals surface area contributed by atoms with Gasteiger partial charge in [-0.25, -0.2) is 0 Å². The zero-order valence-corrected chi connectivity index (χ0v) is 12.4. The van der Waals surface area contributed by atoms with Crippen molar-refractivity contribution in [2.24, 2.45) is 0 Å². The van der Waals surface area contributed by atoms with Crippen molar-refractivity contribution in [2.45, 2.75) is 59.0 Å². The van der Waals surface area contributed by atoms with Gasteiger partial charge in [-0.3, -0.25) is 0 Å². The van der Waals surface area contributed by atoms with Crippen LogP contribution in [0.25, 0.3) is 0 Å². The van der Waals surface area contributed by atoms with Gasteiger partial charge in [0.25, 0.3) is 8.48 Å². The molecule has 0 fully saturated rings. The molecule has 0 aromatic carbocycles. The van der Waals surface area contributed by atoms with E-state index in [0.717, 1.165) is 0 Å². The van der Waals surface area contributed by atoms with Gasteiger partial charge in [-0.1, -0.05) is 0 Å². The first-order valence-electron chi connectivity index (χ1n) is 4.91. The van der Waals surface area contributed by atoms with Crippen LogP contribution in [0, 0.1) is 0 Å². The molecule has 0 saturated carbocycles. The molecule has 0 aliphatic heterocycles. The van der Waals surface area contributed by atoms with Gasteiger partial charge in [0.05, 0.1) is 0 Å². The van der Waals surface area contributed by atoms with Gasteiger partial charge in [0, 0.05) is 5.54 Å². The molecule has 13 heavy (non-hydrogen) atoms. The van der Waals surface area contributed by atoms with Crippen molar-refractivity contribution in [2.75, 3.05) is 0 Å². The lowest BCUT2D eigenvalue weighted by atomic mass is 10.1. The molecular weight excluding hydrogens is 194 g/mol. The first-order chi connectivity index (χ1) is 5.41. The minimum atomic E-state index is -1.66. The van der Waals surface area contributed by atoms with Gasteiger partial charge < -0.3 is 9.10 Å². The van der Waals surface area contributed by atoms with Crippen molar-refractivity contribution in [3.05, 3.63) is 0 Å². The quantitative estimate of drug-likeness (QED) is 0.737. The molecule has 0 rings (SSSR count). The van der Waals surface area contributed by atoms with E-state index in [1.54, 1.807) is 0 Å². The lowest BCUT2D eigenvalue weighted by Gasteiger charge is -2.37. The molecule has 0 aromatic heterocycles. The molecule has 0 heterocycles. The van der Waals surface area contributed by atoms with Gasteiger partial charge in [-0.05, 0) is 53.5 Å². The van der Waals surface area contributed by atoms with Crippen LogP contribution >= 0.6 is 0 Å². The fourth-order valence-electron chi connectivity index (χ4n) is 1.69. The molecule has 4 heteroatoms. The maximum absolute atomic E-state index is 6.17. The monoisotopic (exact) mass is 219 g/mol. The van der Waals surface area contributed by atoms with Gasteiger partial charge in [0.1, 0.15) is 0 Å². The van der Waals surface area contributed by atoms with Crippen LogP contribution in [0.15, 0.2) is 0 Å². The Morgan fingerprint density at radius 3 is 1.54 bits per heavy atom. The van der Waals surface area contributed by atoms with Gasteiger partial charge in [0.2, 0.25) is 0 Å². The van der Waals surface area contributed by atoms with Crippen LogP contribution in [0.3, 0.4) is 0 Å². The van der Waals surface area contributed by atoms with E-state index in [9.17, 15) is 0 Å². The fourth-order valence-corrected chi connectivity index (χ4v) is 9.83. The average molecular weight is 219 g/mol. The Morgan fingerprint density at radius 2 is 1.31 bits per heavy atom. The number of nitrogens with one attached hydrogen (secondary N) is 1. The van der Waals surface area contributed by atoms with E-state index in [0.29, 0.717) is 0 Å². The highest BCUT2D eigenvalue weighted by molar-refractivity contribution is 6.83. The Balaban J connectivity index is 4.25. The Morgan fingerprint density at radius 1 is 0.923 bits per heavy atom. The highest BCUT2D eigenvalue weighted by atomic mass is 28.4. The predicted molar refractivity (Wildman–Crippen MR) is 64.8 cm³/mol. The Kier molecular flexibility index (Phi) is 3.95. The third-order valence-electron chi connectivity index (χ3n) is 1.24. The van der Waals surface area contributed by atoms with Crippen LogP contribution in [0.4, 0.5) is 0 Å². The van der Waals surface area contributed by atoms with Crippen LogP contribution in [0.2, 0.25) is 32.7 Å². The maximum atomic E-state index is 6.17. The molecule has 0 bridgehead atoms. The van der Waals surface area contributed by atoms with E-state index >= 15 is 0 Å². The smallest absolute Gasteiger partial charge is 0.252 e. The van der Waals surface area contributed by atoms with Crippen molar-refractivity contribution in [3.8, 4) is 0 Å². The van der Waals surface area contributed by atoms with Crippen LogP contribution in [-0.4, -0.2) is 22.3 Å². The maximum Gasteiger partial charge on any atom is 0.252 e. The zero-order chi connectivity index (χ0) is 10.9. The fraction of sp³-hybridized carbons (Fsp3) is 1.00. The summed E-state index contributed by atoms with van der Waals surface area (Å²) in [6, 6.07) is 0. The van der Waals surface area contributed by atoms with Gasteiger partial charge in [0.15, 0.2) is 8.32 Å². The Hall–Kier alpha value is 0.354. The molecule has 0 saturated heterocycles. The van der Waals surface area contributed by atoms with E-state index in [1.165, 1.54) is 0 Å². The second kappa shape index (κ2) is 3.84. The average Bonchev–Trinajstić information content (AvgIpc) is 1.43. The van der Waals surface area contributed by atoms with Crippen molar-refractivity contribution < 1.29 is 4.12 Å². The molecule has 0 spiro atoms. The first-order valence-corrected chi connectivity index (χ1v) is 11.2. The third kappa shape index (κ3) is 8.68. The normalized spacial score (nSPS) is 14.8. The van der Waals surface area contributed by atoms with Crippen LogP contribution < -0.4 is 4.98 Å². The molecule has 0 amide bonds. The molecule has 0 atom stereocenters. The zero-order valence-electron chi connectivity index (χ0n) is 10.4. The molecule has 0 aliphatic carbocycles. The van der Waals surface area contributed by atoms with Crippen molar-refractivity contribution in [1.29, 1.82) is 0 Å². The Labute approximate surface area is 85.4 Å². The van der Waals surface area contributed by atoms with E-state index in [-0.39, 0.29) is 5.54 Å². The summed E-state index contributed by atoms with van der Waals surface area (Å²) < 4.78 is 6.17. The van der Waals surface area contributed by atoms with Crippen molar-refractivity contribution in [3.63, 3.8) is 0 Å². The van der Waals surface area contributed by atoms with Crippen LogP contribution in [-0.2, 0) is 4.12 Å². The summed E-state index contributed by atoms with van der Waals surface area (Å²) in [6.07, 6.45) is 0. The lowest BCUT2D eigenvalue weighted by molar-refractivity contribution is 0.444. The summed E-state index contributed by atoms with van der Waals surface area (Å²) in [6.45, 7) is 17.8. The molecule has 0 unspecified atom stereocenters. The first kappa shape index (κ1) is 13.4. The van der Waals surface area contributed by atoms with Gasteiger partial charge in [-0.2, -0.15) is 0 Å². The lowest BCUT2D eigenvalue weighted by Crippen LogP contribution is -2.59. The van der Waals surface area contributed by atoms with Gasteiger partial charge in [-0.15, -0.1) is 0 Å². The van der Waals surface area contributed by atoms with E-state index in [2.05, 4.69) is 58.5 Å². The topological polar surface area (TPSA) is 21.3 Å². The summed E-state index contributed by atoms with van der Waals surface area (Å²) in [4.78, 5) is 3.60. The molecule has 1 N–H and O–H groups in total. The molecule has 2 nitrogen and oxygen atoms in total. The van der Waals surface area contributed by atoms with Crippen molar-refractivity contribution >= 4 is 16.8 Å². The molecule has 80 valence electrons. The second-order valence-electron chi connectivity index (χ2n) is 6.10. The molecule has 0 aliphatic rings. The van der Waals surface area contributed by atoms with E-state index in [1.807, 2.05) is 0 Å². The van der Waals surface area contributed by atoms with E-state index in [4.69, 9.17) is 4.12 Å². The Bertz CT molecular complexity index is 149. The van der Waals surface area contributed by atoms with Crippen LogP contribution in [0.1, 0.15) is 20.8 Å². The minimum Gasteiger partial charge on any atom is -0.445 e. The van der Waals surface area contributed by atoms with Crippen LogP contribution in [0.5, 0.6) is 0 Å². The second-order valence-corrected chi connectivity index (χ2v) is 14.4. The highest BCUT2D eigenvalue weighted by Gasteiger charge is 2.32. The summed E-state index contributed by atoms with van der Waals surface area (Å²) in [5.41, 5.74) is 0.162. The summed E-state index contributed by atoms with van der Waals surface area (Å²) in [5, 5.41) is 0. The van der Waals surface area contributed by atoms with Gasteiger partial charge >= 0.3 is 0 Å². The summed E-state index contributed by atoms with van der Waals surface area (Å²) in [7, 11) is -3.06. The number of rotatable bonds is 3. The van der Waals surface area contributed by atoms with E-state index < -0.39 is 16.8 Å². The molecule has 0 aromatic rings. The minimum absolute atomic E-state index is 0.162. The predicted octanol–water partition coefficient (Wildman–Crippen LogP) is 2.93. The third-order valence-corrected chi connectivity index (χ3v) is 7.08. The molecule has 0 radical (unpaired) electrons. The SMILES string of the molecule is CC(C)(C)N[Si](C)(C)O[Si](C)(C)C. The standard InChI is InChI=1S/C9H25NOSi2/c1-9(2,3)10-13(7,8)11-12(4,5)6/h10H,1-8H3. The number of hydrogen-bond donors (Lipinski definition) is 1. The summed E-state index contributed by atoms with van der Waals surface area (Å²) in [5.74, 6) is 0.